The van der Waals surface area contributed by atoms with Gasteiger partial charge in [0.25, 0.3) is 0 Å². The number of carbonyl (C=O) groups excluding carboxylic acids is 3. The number of piperazine rings is 1. The molecule has 1 aliphatic heterocycles. The Morgan fingerprint density at radius 3 is 2.32 bits per heavy atom. The van der Waals surface area contributed by atoms with Crippen LogP contribution in [0.3, 0.4) is 0 Å². The molecule has 0 spiro atoms. The highest BCUT2D eigenvalue weighted by Gasteiger charge is 2.26. The van der Waals surface area contributed by atoms with Crippen LogP contribution in [0.5, 0.6) is 5.75 Å². The molecule has 0 atom stereocenters. The molecule has 1 aromatic carbocycles. The Bertz CT molecular complexity index is 494. The molecule has 1 fully saturated rings. The van der Waals surface area contributed by atoms with Crippen molar-refractivity contribution < 1.29 is 19.1 Å². The minimum atomic E-state index is -0.445. The lowest BCUT2D eigenvalue weighted by atomic mass is 10.1. The lowest BCUT2D eigenvalue weighted by molar-refractivity contribution is -0.145. The van der Waals surface area contributed by atoms with Gasteiger partial charge in [0, 0.05) is 0 Å². The quantitative estimate of drug-likeness (QED) is 0.760. The lowest BCUT2D eigenvalue weighted by Gasteiger charge is -2.25. The van der Waals surface area contributed by atoms with E-state index in [-0.39, 0.29) is 25.4 Å². The zero-order valence-corrected chi connectivity index (χ0v) is 10.5. The molecule has 0 aliphatic carbocycles. The number of rotatable bonds is 3. The standard InChI is InChI=1S/C13H14N2O4/c1-19-10-4-2-9(3-5-10)6-13(18)15-7-11(16)14-12(17)8-15/h2-5H,6-8H2,1H3,(H,14,16,17). The van der Waals surface area contributed by atoms with E-state index in [1.807, 2.05) is 0 Å². The van der Waals surface area contributed by atoms with Gasteiger partial charge in [0.1, 0.15) is 18.8 Å². The maximum absolute atomic E-state index is 12.0. The summed E-state index contributed by atoms with van der Waals surface area (Å²) >= 11 is 0. The van der Waals surface area contributed by atoms with Crippen LogP contribution in [0.4, 0.5) is 0 Å². The third kappa shape index (κ3) is 3.31. The Morgan fingerprint density at radius 2 is 1.79 bits per heavy atom. The normalized spacial score (nSPS) is 15.1. The second-order valence-electron chi connectivity index (χ2n) is 4.25. The highest BCUT2D eigenvalue weighted by molar-refractivity contribution is 6.02. The van der Waals surface area contributed by atoms with Crippen molar-refractivity contribution in [2.24, 2.45) is 0 Å². The number of hydrogen-bond donors (Lipinski definition) is 1. The third-order valence-corrected chi connectivity index (χ3v) is 2.81. The highest BCUT2D eigenvalue weighted by atomic mass is 16.5. The fraction of sp³-hybridized carbons (Fsp3) is 0.308. The molecule has 1 N–H and O–H groups in total. The molecule has 6 nitrogen and oxygen atoms in total. The highest BCUT2D eigenvalue weighted by Crippen LogP contribution is 2.12. The van der Waals surface area contributed by atoms with Gasteiger partial charge in [0.15, 0.2) is 0 Å². The fourth-order valence-electron chi connectivity index (χ4n) is 1.84. The van der Waals surface area contributed by atoms with Gasteiger partial charge in [-0.15, -0.1) is 0 Å². The van der Waals surface area contributed by atoms with Crippen molar-refractivity contribution >= 4 is 17.7 Å². The number of carbonyl (C=O) groups is 3. The molecule has 0 unspecified atom stereocenters. The Hall–Kier alpha value is -2.37. The minimum Gasteiger partial charge on any atom is -0.497 e. The van der Waals surface area contributed by atoms with Crippen LogP contribution in [0.1, 0.15) is 5.56 Å². The molecule has 6 heteroatoms. The summed E-state index contributed by atoms with van der Waals surface area (Å²) in [6.07, 6.45) is 0.157. The molecule has 100 valence electrons. The van der Waals surface area contributed by atoms with Crippen molar-refractivity contribution in [3.8, 4) is 5.75 Å². The summed E-state index contributed by atoms with van der Waals surface area (Å²) in [4.78, 5) is 35.6. The largest absolute Gasteiger partial charge is 0.497 e. The maximum Gasteiger partial charge on any atom is 0.246 e. The summed E-state index contributed by atoms with van der Waals surface area (Å²) in [5.41, 5.74) is 0.809. The first-order valence-electron chi connectivity index (χ1n) is 5.82. The molecule has 3 amide bonds. The molecular formula is C13H14N2O4. The molecule has 1 heterocycles. The SMILES string of the molecule is COc1ccc(CC(=O)N2CC(=O)NC(=O)C2)cc1. The average molecular weight is 262 g/mol. The van der Waals surface area contributed by atoms with Crippen LogP contribution in [0.2, 0.25) is 0 Å². The van der Waals surface area contributed by atoms with E-state index in [0.29, 0.717) is 5.75 Å². The van der Waals surface area contributed by atoms with Crippen LogP contribution in [0.25, 0.3) is 0 Å². The monoisotopic (exact) mass is 262 g/mol. The second-order valence-corrected chi connectivity index (χ2v) is 4.25. The number of methoxy groups -OCH3 is 1. The summed E-state index contributed by atoms with van der Waals surface area (Å²) in [7, 11) is 1.57. The summed E-state index contributed by atoms with van der Waals surface area (Å²) in [6.45, 7) is -0.137. The Balaban J connectivity index is 1.99. The van der Waals surface area contributed by atoms with Crippen LogP contribution in [0, 0.1) is 0 Å². The van der Waals surface area contributed by atoms with Gasteiger partial charge < -0.3 is 9.64 Å². The van der Waals surface area contributed by atoms with E-state index >= 15 is 0 Å². The minimum absolute atomic E-state index is 0.0687. The van der Waals surface area contributed by atoms with Crippen LogP contribution < -0.4 is 10.1 Å². The topological polar surface area (TPSA) is 75.7 Å². The summed E-state index contributed by atoms with van der Waals surface area (Å²) in [5, 5.41) is 2.15. The first-order chi connectivity index (χ1) is 9.08. The predicted octanol–water partition coefficient (Wildman–Crippen LogP) is -0.277. The van der Waals surface area contributed by atoms with E-state index in [4.69, 9.17) is 4.74 Å². The molecule has 1 aromatic rings. The van der Waals surface area contributed by atoms with Gasteiger partial charge in [0.2, 0.25) is 17.7 Å². The van der Waals surface area contributed by atoms with Gasteiger partial charge in [-0.25, -0.2) is 0 Å². The van der Waals surface area contributed by atoms with Gasteiger partial charge in [-0.1, -0.05) is 12.1 Å². The van der Waals surface area contributed by atoms with Crippen molar-refractivity contribution in [1.82, 2.24) is 10.2 Å². The van der Waals surface area contributed by atoms with Crippen molar-refractivity contribution in [2.75, 3.05) is 20.2 Å². The number of amides is 3. The smallest absolute Gasteiger partial charge is 0.246 e. The Labute approximate surface area is 110 Å². The van der Waals surface area contributed by atoms with E-state index < -0.39 is 11.8 Å². The number of nitrogens with zero attached hydrogens (tertiary/aromatic N) is 1. The van der Waals surface area contributed by atoms with E-state index in [1.165, 1.54) is 4.90 Å². The molecule has 0 bridgehead atoms. The van der Waals surface area contributed by atoms with Crippen molar-refractivity contribution in [3.63, 3.8) is 0 Å². The van der Waals surface area contributed by atoms with Crippen molar-refractivity contribution in [2.45, 2.75) is 6.42 Å². The molecule has 1 aliphatic rings. The summed E-state index contributed by atoms with van der Waals surface area (Å²) < 4.78 is 5.03. The zero-order valence-electron chi connectivity index (χ0n) is 10.5. The van der Waals surface area contributed by atoms with Crippen LogP contribution in [0.15, 0.2) is 24.3 Å². The van der Waals surface area contributed by atoms with Crippen LogP contribution >= 0.6 is 0 Å². The Morgan fingerprint density at radius 1 is 1.21 bits per heavy atom. The van der Waals surface area contributed by atoms with Gasteiger partial charge in [0.05, 0.1) is 13.5 Å². The number of ether oxygens (including phenoxy) is 1. The van der Waals surface area contributed by atoms with E-state index in [9.17, 15) is 14.4 Å². The summed E-state index contributed by atoms with van der Waals surface area (Å²) in [5.74, 6) is -0.421. The number of imide groups is 1. The first kappa shape index (κ1) is 13.1. The molecule has 1 saturated heterocycles. The first-order valence-corrected chi connectivity index (χ1v) is 5.82. The number of benzene rings is 1. The predicted molar refractivity (Wildman–Crippen MR) is 66.4 cm³/mol. The number of nitrogens with one attached hydrogen (secondary N) is 1. The molecular weight excluding hydrogens is 248 g/mol. The zero-order chi connectivity index (χ0) is 13.8. The van der Waals surface area contributed by atoms with Crippen molar-refractivity contribution in [3.05, 3.63) is 29.8 Å². The van der Waals surface area contributed by atoms with Crippen molar-refractivity contribution in [1.29, 1.82) is 0 Å². The average Bonchev–Trinajstić information content (AvgIpc) is 2.38. The fourth-order valence-corrected chi connectivity index (χ4v) is 1.84. The third-order valence-electron chi connectivity index (χ3n) is 2.81. The van der Waals surface area contributed by atoms with Gasteiger partial charge >= 0.3 is 0 Å². The second kappa shape index (κ2) is 5.51. The van der Waals surface area contributed by atoms with E-state index in [0.717, 1.165) is 5.56 Å². The van der Waals surface area contributed by atoms with Crippen LogP contribution in [-0.2, 0) is 20.8 Å². The van der Waals surface area contributed by atoms with Crippen LogP contribution in [-0.4, -0.2) is 42.8 Å². The number of hydrogen-bond acceptors (Lipinski definition) is 4. The molecule has 0 saturated carbocycles. The Kier molecular flexibility index (Phi) is 3.79. The molecule has 0 aromatic heterocycles. The van der Waals surface area contributed by atoms with Gasteiger partial charge in [-0.3, -0.25) is 19.7 Å². The maximum atomic E-state index is 12.0. The van der Waals surface area contributed by atoms with Gasteiger partial charge in [-0.2, -0.15) is 0 Å². The molecule has 2 rings (SSSR count). The molecule has 19 heavy (non-hydrogen) atoms. The lowest BCUT2D eigenvalue weighted by Crippen LogP contribution is -2.53. The summed E-state index contributed by atoms with van der Waals surface area (Å²) in [6, 6.07) is 7.08. The van der Waals surface area contributed by atoms with E-state index in [1.54, 1.807) is 31.4 Å². The molecule has 0 radical (unpaired) electrons. The van der Waals surface area contributed by atoms with E-state index in [2.05, 4.69) is 5.32 Å². The van der Waals surface area contributed by atoms with Gasteiger partial charge in [-0.05, 0) is 17.7 Å².